The highest BCUT2D eigenvalue weighted by Gasteiger charge is 2.37. The highest BCUT2D eigenvalue weighted by Crippen LogP contribution is 2.40. The number of likely N-dealkylation sites (N-methyl/N-ethyl adjacent to an activating group) is 1. The molecule has 0 fully saturated rings. The van der Waals surface area contributed by atoms with Crippen LogP contribution in [-0.4, -0.2) is 80.5 Å². The number of rotatable bonds is 8. The molecule has 4 rings (SSSR count). The number of imide groups is 1. The van der Waals surface area contributed by atoms with Crippen molar-refractivity contribution in [3.8, 4) is 11.5 Å². The van der Waals surface area contributed by atoms with E-state index >= 15 is 0 Å². The zero-order valence-electron chi connectivity index (χ0n) is 19.2. The molecule has 1 aliphatic rings. The molecule has 1 aromatic heterocycles. The maximum atomic E-state index is 13.4. The Balaban J connectivity index is 0.00000324. The SMILES string of the molecule is COc1ccc(OC)c2sc(N(CCN(C)C)C(=O)CN3C(=O)c4ccccc4C3=O)nc12.Cl. The van der Waals surface area contributed by atoms with E-state index in [4.69, 9.17) is 9.47 Å². The highest BCUT2D eigenvalue weighted by atomic mass is 35.5. The number of benzene rings is 2. The summed E-state index contributed by atoms with van der Waals surface area (Å²) >= 11 is 1.30. The first kappa shape index (κ1) is 25.4. The molecule has 0 N–H and O–H groups in total. The predicted octanol–water partition coefficient (Wildman–Crippen LogP) is 2.93. The third kappa shape index (κ3) is 4.56. The van der Waals surface area contributed by atoms with Gasteiger partial charge in [-0.15, -0.1) is 12.4 Å². The number of ether oxygens (including phenoxy) is 2. The van der Waals surface area contributed by atoms with Crippen molar-refractivity contribution in [2.24, 2.45) is 0 Å². The second-order valence-electron chi connectivity index (χ2n) is 7.73. The summed E-state index contributed by atoms with van der Waals surface area (Å²) in [6.45, 7) is 0.529. The maximum Gasteiger partial charge on any atom is 0.262 e. The Morgan fingerprint density at radius 1 is 0.971 bits per heavy atom. The number of hydrogen-bond donors (Lipinski definition) is 0. The first-order valence-electron chi connectivity index (χ1n) is 10.3. The fourth-order valence-electron chi connectivity index (χ4n) is 3.62. The third-order valence-corrected chi connectivity index (χ3v) is 6.47. The number of anilines is 1. The zero-order valence-corrected chi connectivity index (χ0v) is 20.9. The van der Waals surface area contributed by atoms with E-state index in [0.717, 1.165) is 9.60 Å². The minimum atomic E-state index is -0.468. The number of nitrogens with zero attached hydrogens (tertiary/aromatic N) is 4. The van der Waals surface area contributed by atoms with Crippen molar-refractivity contribution in [1.82, 2.24) is 14.8 Å². The van der Waals surface area contributed by atoms with E-state index in [1.807, 2.05) is 19.0 Å². The molecular formula is C23H25ClN4O5S. The molecule has 1 aliphatic heterocycles. The van der Waals surface area contributed by atoms with Crippen molar-refractivity contribution in [2.75, 3.05) is 52.8 Å². The number of carbonyl (C=O) groups excluding carboxylic acids is 3. The number of carbonyl (C=O) groups is 3. The van der Waals surface area contributed by atoms with Crippen LogP contribution in [0.4, 0.5) is 5.13 Å². The Morgan fingerprint density at radius 3 is 2.12 bits per heavy atom. The molecule has 34 heavy (non-hydrogen) atoms. The molecule has 9 nitrogen and oxygen atoms in total. The summed E-state index contributed by atoms with van der Waals surface area (Å²) in [5, 5.41) is 0.441. The normalized spacial score (nSPS) is 12.7. The lowest BCUT2D eigenvalue weighted by Crippen LogP contribution is -2.45. The lowest BCUT2D eigenvalue weighted by molar-refractivity contribution is -0.119. The van der Waals surface area contributed by atoms with E-state index in [1.165, 1.54) is 16.2 Å². The Morgan fingerprint density at radius 2 is 1.56 bits per heavy atom. The average Bonchev–Trinajstić information content (AvgIpc) is 3.34. The minimum Gasteiger partial charge on any atom is -0.495 e. The topological polar surface area (TPSA) is 92.3 Å². The van der Waals surface area contributed by atoms with Gasteiger partial charge >= 0.3 is 0 Å². The molecule has 0 radical (unpaired) electrons. The molecule has 0 bridgehead atoms. The molecule has 11 heteroatoms. The summed E-state index contributed by atoms with van der Waals surface area (Å²) in [4.78, 5) is 48.0. The fraction of sp³-hybridized carbons (Fsp3) is 0.304. The largest absolute Gasteiger partial charge is 0.495 e. The van der Waals surface area contributed by atoms with Gasteiger partial charge in [0.15, 0.2) is 5.13 Å². The van der Waals surface area contributed by atoms with E-state index in [0.29, 0.717) is 46.4 Å². The molecule has 0 aliphatic carbocycles. The Labute approximate surface area is 207 Å². The molecular weight excluding hydrogens is 480 g/mol. The van der Waals surface area contributed by atoms with Gasteiger partial charge in [-0.05, 0) is 38.4 Å². The molecule has 0 saturated heterocycles. The molecule has 3 aromatic rings. The second-order valence-corrected chi connectivity index (χ2v) is 8.71. The Kier molecular flexibility index (Phi) is 7.75. The first-order valence-corrected chi connectivity index (χ1v) is 11.1. The van der Waals surface area contributed by atoms with Crippen LogP contribution >= 0.6 is 23.7 Å². The molecule has 0 saturated carbocycles. The van der Waals surface area contributed by atoms with E-state index in [9.17, 15) is 14.4 Å². The van der Waals surface area contributed by atoms with Crippen molar-refractivity contribution in [3.63, 3.8) is 0 Å². The molecule has 2 heterocycles. The number of amides is 3. The van der Waals surface area contributed by atoms with Crippen LogP contribution in [0.5, 0.6) is 11.5 Å². The first-order chi connectivity index (χ1) is 15.8. The number of hydrogen-bond acceptors (Lipinski definition) is 8. The molecule has 0 atom stereocenters. The van der Waals surface area contributed by atoms with Gasteiger partial charge in [0.1, 0.15) is 28.3 Å². The van der Waals surface area contributed by atoms with Crippen molar-refractivity contribution in [3.05, 3.63) is 47.5 Å². The van der Waals surface area contributed by atoms with Gasteiger partial charge in [0.05, 0.1) is 25.3 Å². The number of aromatic nitrogens is 1. The Bertz CT molecular complexity index is 1170. The fourth-order valence-corrected chi connectivity index (χ4v) is 4.74. The van der Waals surface area contributed by atoms with Crippen LogP contribution in [0.3, 0.4) is 0 Å². The number of fused-ring (bicyclic) bond motifs is 2. The van der Waals surface area contributed by atoms with Crippen LogP contribution in [0.15, 0.2) is 36.4 Å². The second kappa shape index (κ2) is 10.4. The van der Waals surface area contributed by atoms with Crippen LogP contribution in [0, 0.1) is 0 Å². The van der Waals surface area contributed by atoms with Gasteiger partial charge in [0, 0.05) is 13.1 Å². The summed E-state index contributed by atoms with van der Waals surface area (Å²) in [5.41, 5.74) is 1.20. The Hall–Kier alpha value is -3.21. The minimum absolute atomic E-state index is 0. The highest BCUT2D eigenvalue weighted by molar-refractivity contribution is 7.22. The van der Waals surface area contributed by atoms with Crippen molar-refractivity contribution in [1.29, 1.82) is 0 Å². The van der Waals surface area contributed by atoms with Crippen LogP contribution in [0.25, 0.3) is 10.2 Å². The van der Waals surface area contributed by atoms with Crippen LogP contribution < -0.4 is 14.4 Å². The average molecular weight is 505 g/mol. The van der Waals surface area contributed by atoms with Gasteiger partial charge in [-0.1, -0.05) is 23.5 Å². The van der Waals surface area contributed by atoms with E-state index in [-0.39, 0.29) is 19.0 Å². The van der Waals surface area contributed by atoms with Crippen molar-refractivity contribution in [2.45, 2.75) is 0 Å². The van der Waals surface area contributed by atoms with Gasteiger partial charge in [-0.25, -0.2) is 4.98 Å². The summed E-state index contributed by atoms with van der Waals surface area (Å²) < 4.78 is 11.6. The van der Waals surface area contributed by atoms with Crippen LogP contribution in [-0.2, 0) is 4.79 Å². The summed E-state index contributed by atoms with van der Waals surface area (Å²) in [5.74, 6) is -0.153. The standard InChI is InChI=1S/C23H24N4O5S.ClH/c1-25(2)11-12-26(23-24-19-16(31-3)9-10-17(32-4)20(19)33-23)18(28)13-27-21(29)14-7-5-6-8-15(14)22(27)30;/h5-10H,11-13H2,1-4H3;1H. The van der Waals surface area contributed by atoms with Crippen LogP contribution in [0.1, 0.15) is 20.7 Å². The van der Waals surface area contributed by atoms with Gasteiger partial charge in [0.25, 0.3) is 11.8 Å². The summed E-state index contributed by atoms with van der Waals surface area (Å²) in [6, 6.07) is 10.1. The van der Waals surface area contributed by atoms with Gasteiger partial charge in [-0.3, -0.25) is 24.2 Å². The number of thiazole rings is 1. The molecule has 0 unspecified atom stereocenters. The molecule has 3 amide bonds. The monoisotopic (exact) mass is 504 g/mol. The number of methoxy groups -OCH3 is 2. The quantitative estimate of drug-likeness (QED) is 0.435. The predicted molar refractivity (Wildman–Crippen MR) is 133 cm³/mol. The lowest BCUT2D eigenvalue weighted by Gasteiger charge is -2.24. The summed E-state index contributed by atoms with van der Waals surface area (Å²) in [6.07, 6.45) is 0. The molecule has 0 spiro atoms. The van der Waals surface area contributed by atoms with E-state index in [2.05, 4.69) is 4.98 Å². The lowest BCUT2D eigenvalue weighted by atomic mass is 10.1. The third-order valence-electron chi connectivity index (χ3n) is 5.37. The van der Waals surface area contributed by atoms with E-state index in [1.54, 1.807) is 50.6 Å². The van der Waals surface area contributed by atoms with Crippen molar-refractivity contribution >= 4 is 56.8 Å². The smallest absolute Gasteiger partial charge is 0.262 e. The van der Waals surface area contributed by atoms with Gasteiger partial charge in [-0.2, -0.15) is 0 Å². The van der Waals surface area contributed by atoms with Crippen LogP contribution in [0.2, 0.25) is 0 Å². The number of halogens is 1. The summed E-state index contributed by atoms with van der Waals surface area (Å²) in [7, 11) is 6.92. The molecule has 2 aromatic carbocycles. The maximum absolute atomic E-state index is 13.4. The van der Waals surface area contributed by atoms with E-state index < -0.39 is 17.7 Å². The molecule has 180 valence electrons. The van der Waals surface area contributed by atoms with Crippen molar-refractivity contribution < 1.29 is 23.9 Å². The zero-order chi connectivity index (χ0) is 23.7. The van der Waals surface area contributed by atoms with Gasteiger partial charge in [0.2, 0.25) is 5.91 Å². The van der Waals surface area contributed by atoms with Gasteiger partial charge < -0.3 is 14.4 Å².